The van der Waals surface area contributed by atoms with Gasteiger partial charge in [-0.25, -0.2) is 9.67 Å². The lowest BCUT2D eigenvalue weighted by Gasteiger charge is -1.99. The number of hydrogen-bond acceptors (Lipinski definition) is 4. The van der Waals surface area contributed by atoms with Crippen LogP contribution in [-0.2, 0) is 6.54 Å². The lowest BCUT2D eigenvalue weighted by molar-refractivity contribution is 0.650. The van der Waals surface area contributed by atoms with Crippen molar-refractivity contribution in [1.29, 1.82) is 0 Å². The molecule has 0 unspecified atom stereocenters. The van der Waals surface area contributed by atoms with Gasteiger partial charge in [0.2, 0.25) is 0 Å². The third-order valence-electron chi connectivity index (χ3n) is 3.78. The van der Waals surface area contributed by atoms with Crippen LogP contribution in [0.5, 0.6) is 0 Å². The van der Waals surface area contributed by atoms with Crippen LogP contribution in [0.1, 0.15) is 11.3 Å². The Morgan fingerprint density at radius 2 is 1.67 bits per heavy atom. The van der Waals surface area contributed by atoms with Crippen LogP contribution in [0.25, 0.3) is 21.1 Å². The normalized spacial score (nSPS) is 10.9. The minimum Gasteiger partial charge on any atom is -0.247 e. The molecule has 0 aliphatic carbocycles. The van der Waals surface area contributed by atoms with Gasteiger partial charge in [0.15, 0.2) is 0 Å². The topological polar surface area (TPSA) is 43.6 Å². The molecule has 0 amide bonds. The number of nitrogens with zero attached hydrogens (tertiary/aromatic N) is 4. The summed E-state index contributed by atoms with van der Waals surface area (Å²) in [6, 6.07) is 20.5. The van der Waals surface area contributed by atoms with E-state index < -0.39 is 0 Å². The Hall–Kier alpha value is -2.79. The Morgan fingerprint density at radius 1 is 0.958 bits per heavy atom. The number of rotatable bonds is 4. The molecule has 118 valence electrons. The van der Waals surface area contributed by atoms with Gasteiger partial charge in [0, 0.05) is 5.56 Å². The van der Waals surface area contributed by atoms with Gasteiger partial charge in [0.25, 0.3) is 0 Å². The summed E-state index contributed by atoms with van der Waals surface area (Å²) in [5, 5.41) is 9.60. The Balaban J connectivity index is 1.62. The summed E-state index contributed by atoms with van der Waals surface area (Å²) in [7, 11) is 0. The van der Waals surface area contributed by atoms with Gasteiger partial charge in [0.1, 0.15) is 10.7 Å². The molecule has 0 radical (unpaired) electrons. The second kappa shape index (κ2) is 6.37. The van der Waals surface area contributed by atoms with Gasteiger partial charge in [-0.2, -0.15) is 0 Å². The van der Waals surface area contributed by atoms with E-state index in [9.17, 15) is 0 Å². The molecule has 4 rings (SSSR count). The minimum absolute atomic E-state index is 0.719. The average Bonchev–Trinajstić information content (AvgIpc) is 3.23. The van der Waals surface area contributed by atoms with Crippen LogP contribution >= 0.6 is 11.3 Å². The molecule has 0 saturated heterocycles. The van der Waals surface area contributed by atoms with Crippen LogP contribution in [0.3, 0.4) is 0 Å². The summed E-state index contributed by atoms with van der Waals surface area (Å²) in [6.45, 7) is 2.74. The maximum Gasteiger partial charge on any atom is 0.124 e. The maximum atomic E-state index is 4.69. The molecule has 0 aliphatic heterocycles. The Kier molecular flexibility index (Phi) is 3.92. The molecule has 0 aliphatic rings. The van der Waals surface area contributed by atoms with E-state index in [0.717, 1.165) is 33.4 Å². The lowest BCUT2D eigenvalue weighted by atomic mass is 10.2. The Morgan fingerprint density at radius 3 is 2.42 bits per heavy atom. The molecule has 2 aromatic heterocycles. The minimum atomic E-state index is 0.719. The third-order valence-corrected chi connectivity index (χ3v) is 5.01. The van der Waals surface area contributed by atoms with Crippen LogP contribution in [-0.4, -0.2) is 20.0 Å². The maximum absolute atomic E-state index is 4.69. The zero-order chi connectivity index (χ0) is 16.4. The molecule has 0 bridgehead atoms. The van der Waals surface area contributed by atoms with E-state index in [-0.39, 0.29) is 0 Å². The second-order valence-corrected chi connectivity index (χ2v) is 6.59. The van der Waals surface area contributed by atoms with E-state index in [2.05, 4.69) is 34.6 Å². The fourth-order valence-corrected chi connectivity index (χ4v) is 3.61. The van der Waals surface area contributed by atoms with Gasteiger partial charge in [-0.1, -0.05) is 65.9 Å². The molecular formula is C19H16N4S. The highest BCUT2D eigenvalue weighted by Gasteiger charge is 2.14. The fraction of sp³-hybridized carbons (Fsp3) is 0.105. The summed E-state index contributed by atoms with van der Waals surface area (Å²) in [4.78, 5) is 5.77. The van der Waals surface area contributed by atoms with Crippen LogP contribution in [0.4, 0.5) is 0 Å². The fourth-order valence-electron chi connectivity index (χ4n) is 2.59. The molecule has 2 aromatic carbocycles. The van der Waals surface area contributed by atoms with Crippen molar-refractivity contribution >= 4 is 11.3 Å². The first-order valence-corrected chi connectivity index (χ1v) is 8.58. The van der Waals surface area contributed by atoms with E-state index >= 15 is 0 Å². The summed E-state index contributed by atoms with van der Waals surface area (Å²) in [5.41, 5.74) is 4.21. The van der Waals surface area contributed by atoms with Crippen molar-refractivity contribution < 1.29 is 0 Å². The predicted octanol–water partition coefficient (Wildman–Crippen LogP) is 4.43. The standard InChI is InChI=1S/C19H16N4S/c1-14-18(24-19(20-14)16-10-6-3-7-11-16)17-13-23(22-21-17)12-15-8-4-2-5-9-15/h2-11,13H,12H2,1H3. The van der Waals surface area contributed by atoms with Crippen molar-refractivity contribution in [3.8, 4) is 21.1 Å². The van der Waals surface area contributed by atoms with Crippen LogP contribution in [0, 0.1) is 6.92 Å². The van der Waals surface area contributed by atoms with Crippen molar-refractivity contribution in [3.05, 3.63) is 78.1 Å². The molecule has 4 nitrogen and oxygen atoms in total. The smallest absolute Gasteiger partial charge is 0.124 e. The summed E-state index contributed by atoms with van der Waals surface area (Å²) >= 11 is 1.66. The van der Waals surface area contributed by atoms with Gasteiger partial charge in [-0.05, 0) is 12.5 Å². The van der Waals surface area contributed by atoms with Crippen molar-refractivity contribution in [3.63, 3.8) is 0 Å². The first kappa shape index (κ1) is 14.8. The summed E-state index contributed by atoms with van der Waals surface area (Å²) in [6.07, 6.45) is 1.99. The lowest BCUT2D eigenvalue weighted by Crippen LogP contribution is -1.99. The van der Waals surface area contributed by atoms with Crippen molar-refractivity contribution in [2.75, 3.05) is 0 Å². The van der Waals surface area contributed by atoms with Gasteiger partial charge >= 0.3 is 0 Å². The Labute approximate surface area is 144 Å². The van der Waals surface area contributed by atoms with Gasteiger partial charge in [0.05, 0.1) is 23.3 Å². The SMILES string of the molecule is Cc1nc(-c2ccccc2)sc1-c1cn(Cc2ccccc2)nn1. The van der Waals surface area contributed by atoms with Crippen LogP contribution in [0.2, 0.25) is 0 Å². The molecule has 4 aromatic rings. The Bertz CT molecular complexity index is 942. The monoisotopic (exact) mass is 332 g/mol. The van der Waals surface area contributed by atoms with Crippen molar-refractivity contribution in [1.82, 2.24) is 20.0 Å². The number of thiazole rings is 1. The number of benzene rings is 2. The largest absolute Gasteiger partial charge is 0.247 e. The van der Waals surface area contributed by atoms with E-state index in [1.165, 1.54) is 5.56 Å². The quantitative estimate of drug-likeness (QED) is 0.555. The van der Waals surface area contributed by atoms with E-state index in [4.69, 9.17) is 4.98 Å². The molecule has 0 N–H and O–H groups in total. The zero-order valence-corrected chi connectivity index (χ0v) is 14.1. The second-order valence-electron chi connectivity index (χ2n) is 5.59. The molecule has 0 saturated carbocycles. The number of hydrogen-bond donors (Lipinski definition) is 0. The molecule has 5 heteroatoms. The third kappa shape index (κ3) is 2.98. The average molecular weight is 332 g/mol. The highest BCUT2D eigenvalue weighted by Crippen LogP contribution is 2.33. The van der Waals surface area contributed by atoms with Gasteiger partial charge < -0.3 is 0 Å². The predicted molar refractivity (Wildman–Crippen MR) is 96.8 cm³/mol. The first-order valence-electron chi connectivity index (χ1n) is 7.77. The van der Waals surface area contributed by atoms with E-state index in [0.29, 0.717) is 0 Å². The first-order chi connectivity index (χ1) is 11.8. The van der Waals surface area contributed by atoms with Crippen molar-refractivity contribution in [2.45, 2.75) is 13.5 Å². The number of aryl methyl sites for hydroxylation is 1. The van der Waals surface area contributed by atoms with Crippen LogP contribution in [0.15, 0.2) is 66.9 Å². The number of aromatic nitrogens is 4. The van der Waals surface area contributed by atoms with Gasteiger partial charge in [-0.15, -0.1) is 16.4 Å². The molecule has 0 fully saturated rings. The van der Waals surface area contributed by atoms with E-state index in [1.54, 1.807) is 11.3 Å². The summed E-state index contributed by atoms with van der Waals surface area (Å²) < 4.78 is 1.87. The van der Waals surface area contributed by atoms with Gasteiger partial charge in [-0.3, -0.25) is 0 Å². The van der Waals surface area contributed by atoms with E-state index in [1.807, 2.05) is 54.2 Å². The molecule has 24 heavy (non-hydrogen) atoms. The summed E-state index contributed by atoms with van der Waals surface area (Å²) in [5.74, 6) is 0. The molecular weight excluding hydrogens is 316 g/mol. The molecule has 0 spiro atoms. The van der Waals surface area contributed by atoms with Crippen molar-refractivity contribution in [2.24, 2.45) is 0 Å². The van der Waals surface area contributed by atoms with Crippen LogP contribution < -0.4 is 0 Å². The zero-order valence-electron chi connectivity index (χ0n) is 13.3. The highest BCUT2D eigenvalue weighted by atomic mass is 32.1. The highest BCUT2D eigenvalue weighted by molar-refractivity contribution is 7.18. The molecule has 2 heterocycles. The molecule has 0 atom stereocenters.